The summed E-state index contributed by atoms with van der Waals surface area (Å²) in [5, 5.41) is 9.48. The summed E-state index contributed by atoms with van der Waals surface area (Å²) >= 11 is 0. The van der Waals surface area contributed by atoms with Crippen molar-refractivity contribution in [1.29, 1.82) is 0 Å². The highest BCUT2D eigenvalue weighted by Crippen LogP contribution is 2.28. The normalized spacial score (nSPS) is 22.2. The van der Waals surface area contributed by atoms with E-state index in [4.69, 9.17) is 0 Å². The molecule has 0 aromatic heterocycles. The van der Waals surface area contributed by atoms with Crippen LogP contribution in [0.25, 0.3) is 0 Å². The highest BCUT2D eigenvalue weighted by molar-refractivity contribution is 6.06. The molecule has 0 fully saturated rings. The molecule has 0 bridgehead atoms. The molecule has 13 heavy (non-hydrogen) atoms. The first-order chi connectivity index (χ1) is 6.07. The molecule has 0 unspecified atom stereocenters. The molecule has 3 nitrogen and oxygen atoms in total. The molecule has 0 aromatic rings. The Morgan fingerprint density at radius 2 is 2.15 bits per heavy atom. The van der Waals surface area contributed by atoms with Crippen LogP contribution in [0.3, 0.4) is 0 Å². The SMILES string of the molecule is CCC(=O)C1=C(C(C)=O)CC[C@@H]1O. The van der Waals surface area contributed by atoms with Crippen molar-refractivity contribution in [2.45, 2.75) is 39.2 Å². The molecule has 0 radical (unpaired) electrons. The summed E-state index contributed by atoms with van der Waals surface area (Å²) in [4.78, 5) is 22.5. The maximum absolute atomic E-state index is 11.4. The third-order valence-electron chi connectivity index (χ3n) is 2.37. The highest BCUT2D eigenvalue weighted by Gasteiger charge is 2.29. The number of aliphatic hydroxyl groups excluding tert-OH is 1. The Labute approximate surface area is 77.4 Å². The van der Waals surface area contributed by atoms with Crippen LogP contribution in [0.5, 0.6) is 0 Å². The summed E-state index contributed by atoms with van der Waals surface area (Å²) in [5.41, 5.74) is 0.884. The number of hydrogen-bond acceptors (Lipinski definition) is 3. The van der Waals surface area contributed by atoms with Gasteiger partial charge < -0.3 is 5.11 Å². The van der Waals surface area contributed by atoms with E-state index in [1.807, 2.05) is 0 Å². The highest BCUT2D eigenvalue weighted by atomic mass is 16.3. The van der Waals surface area contributed by atoms with Crippen LogP contribution in [-0.4, -0.2) is 22.8 Å². The van der Waals surface area contributed by atoms with E-state index in [1.165, 1.54) is 6.92 Å². The van der Waals surface area contributed by atoms with Gasteiger partial charge in [-0.25, -0.2) is 0 Å². The number of aliphatic hydroxyl groups is 1. The van der Waals surface area contributed by atoms with Gasteiger partial charge in [0.2, 0.25) is 0 Å². The summed E-state index contributed by atoms with van der Waals surface area (Å²) in [6.07, 6.45) is 0.683. The van der Waals surface area contributed by atoms with Crippen molar-refractivity contribution in [3.8, 4) is 0 Å². The van der Waals surface area contributed by atoms with Gasteiger partial charge in [-0.2, -0.15) is 0 Å². The summed E-state index contributed by atoms with van der Waals surface area (Å²) in [7, 11) is 0. The number of carbonyl (C=O) groups is 2. The molecular formula is C10H14O3. The lowest BCUT2D eigenvalue weighted by atomic mass is 10.0. The van der Waals surface area contributed by atoms with E-state index in [1.54, 1.807) is 6.92 Å². The van der Waals surface area contributed by atoms with Gasteiger partial charge in [-0.15, -0.1) is 0 Å². The van der Waals surface area contributed by atoms with Crippen LogP contribution in [0.4, 0.5) is 0 Å². The molecule has 3 heteroatoms. The topological polar surface area (TPSA) is 54.4 Å². The van der Waals surface area contributed by atoms with Crippen molar-refractivity contribution in [3.05, 3.63) is 11.1 Å². The number of rotatable bonds is 3. The monoisotopic (exact) mass is 182 g/mol. The molecule has 0 saturated carbocycles. The fourth-order valence-electron chi connectivity index (χ4n) is 1.67. The summed E-state index contributed by atoms with van der Waals surface area (Å²) in [6, 6.07) is 0. The molecule has 72 valence electrons. The summed E-state index contributed by atoms with van der Waals surface area (Å²) in [6.45, 7) is 3.18. The molecule has 1 rings (SSSR count). The molecule has 0 heterocycles. The van der Waals surface area contributed by atoms with Gasteiger partial charge >= 0.3 is 0 Å². The second-order valence-electron chi connectivity index (χ2n) is 3.28. The maximum Gasteiger partial charge on any atom is 0.161 e. The van der Waals surface area contributed by atoms with E-state index < -0.39 is 6.10 Å². The van der Waals surface area contributed by atoms with Gasteiger partial charge in [0.05, 0.1) is 6.10 Å². The van der Waals surface area contributed by atoms with Gasteiger partial charge in [0.15, 0.2) is 11.6 Å². The van der Waals surface area contributed by atoms with Gasteiger partial charge in [-0.05, 0) is 19.8 Å². The van der Waals surface area contributed by atoms with Crippen LogP contribution >= 0.6 is 0 Å². The van der Waals surface area contributed by atoms with E-state index in [2.05, 4.69) is 0 Å². The second-order valence-corrected chi connectivity index (χ2v) is 3.28. The average molecular weight is 182 g/mol. The summed E-state index contributed by atoms with van der Waals surface area (Å²) in [5.74, 6) is -0.191. The fraction of sp³-hybridized carbons (Fsp3) is 0.600. The van der Waals surface area contributed by atoms with Crippen LogP contribution in [0.2, 0.25) is 0 Å². The number of ketones is 2. The van der Waals surface area contributed by atoms with Crippen LogP contribution in [0, 0.1) is 0 Å². The quantitative estimate of drug-likeness (QED) is 0.708. The van der Waals surface area contributed by atoms with E-state index in [-0.39, 0.29) is 11.6 Å². The molecule has 0 aliphatic heterocycles. The first-order valence-electron chi connectivity index (χ1n) is 4.53. The first kappa shape index (κ1) is 10.1. The number of Topliss-reactive ketones (excluding diaryl/α,β-unsaturated/α-hetero) is 2. The molecule has 1 atom stereocenters. The van der Waals surface area contributed by atoms with E-state index in [0.29, 0.717) is 30.4 Å². The van der Waals surface area contributed by atoms with Gasteiger partial charge in [0, 0.05) is 17.6 Å². The lowest BCUT2D eigenvalue weighted by Crippen LogP contribution is -2.15. The van der Waals surface area contributed by atoms with Crippen molar-refractivity contribution >= 4 is 11.6 Å². The van der Waals surface area contributed by atoms with E-state index in [0.717, 1.165) is 0 Å². The minimum atomic E-state index is -0.716. The zero-order valence-corrected chi connectivity index (χ0v) is 7.96. The third kappa shape index (κ3) is 1.86. The molecule has 1 aliphatic carbocycles. The Morgan fingerprint density at radius 1 is 1.54 bits per heavy atom. The minimum absolute atomic E-state index is 0.0895. The van der Waals surface area contributed by atoms with E-state index in [9.17, 15) is 14.7 Å². The molecular weight excluding hydrogens is 168 g/mol. The Morgan fingerprint density at radius 3 is 2.62 bits per heavy atom. The Kier molecular flexibility index (Phi) is 2.98. The van der Waals surface area contributed by atoms with Crippen molar-refractivity contribution in [3.63, 3.8) is 0 Å². The number of carbonyl (C=O) groups excluding carboxylic acids is 2. The first-order valence-corrected chi connectivity index (χ1v) is 4.53. The van der Waals surface area contributed by atoms with Crippen molar-refractivity contribution in [2.75, 3.05) is 0 Å². The molecule has 0 spiro atoms. The van der Waals surface area contributed by atoms with Crippen LogP contribution in [0.15, 0.2) is 11.1 Å². The van der Waals surface area contributed by atoms with Gasteiger partial charge in [-0.1, -0.05) is 6.92 Å². The Balaban J connectivity index is 3.03. The lowest BCUT2D eigenvalue weighted by Gasteiger charge is -2.06. The van der Waals surface area contributed by atoms with Crippen molar-refractivity contribution in [1.82, 2.24) is 0 Å². The largest absolute Gasteiger partial charge is 0.388 e. The Bertz CT molecular complexity index is 276. The number of allylic oxidation sites excluding steroid dienone is 1. The molecule has 1 aliphatic rings. The maximum atomic E-state index is 11.4. The number of hydrogen-bond donors (Lipinski definition) is 1. The smallest absolute Gasteiger partial charge is 0.161 e. The Hall–Kier alpha value is -0.960. The predicted molar refractivity (Wildman–Crippen MR) is 48.2 cm³/mol. The predicted octanol–water partition coefficient (Wildman–Crippen LogP) is 1.01. The summed E-state index contributed by atoms with van der Waals surface area (Å²) < 4.78 is 0. The van der Waals surface area contributed by atoms with Gasteiger partial charge in [-0.3, -0.25) is 9.59 Å². The molecule has 0 amide bonds. The standard InChI is InChI=1S/C10H14O3/c1-3-8(12)10-7(6(2)11)4-5-9(10)13/h9,13H,3-5H2,1-2H3/t9-/m0/s1. The zero-order valence-electron chi connectivity index (χ0n) is 7.96. The van der Waals surface area contributed by atoms with Crippen molar-refractivity contribution < 1.29 is 14.7 Å². The van der Waals surface area contributed by atoms with Crippen LogP contribution in [0.1, 0.15) is 33.1 Å². The fourth-order valence-corrected chi connectivity index (χ4v) is 1.67. The van der Waals surface area contributed by atoms with Crippen LogP contribution < -0.4 is 0 Å². The molecule has 0 saturated heterocycles. The van der Waals surface area contributed by atoms with Gasteiger partial charge in [0.25, 0.3) is 0 Å². The van der Waals surface area contributed by atoms with Crippen LogP contribution in [-0.2, 0) is 9.59 Å². The second kappa shape index (κ2) is 3.83. The average Bonchev–Trinajstić information content (AvgIpc) is 2.46. The molecule has 1 N–H and O–H groups in total. The zero-order chi connectivity index (χ0) is 10.0. The molecule has 0 aromatic carbocycles. The minimum Gasteiger partial charge on any atom is -0.388 e. The third-order valence-corrected chi connectivity index (χ3v) is 2.37. The lowest BCUT2D eigenvalue weighted by molar-refractivity contribution is -0.117. The van der Waals surface area contributed by atoms with Gasteiger partial charge in [0.1, 0.15) is 0 Å². The van der Waals surface area contributed by atoms with E-state index >= 15 is 0 Å². The van der Waals surface area contributed by atoms with Crippen molar-refractivity contribution in [2.24, 2.45) is 0 Å².